The van der Waals surface area contributed by atoms with E-state index in [0.29, 0.717) is 31.7 Å². The maximum atomic E-state index is 13.0. The van der Waals surface area contributed by atoms with E-state index in [-0.39, 0.29) is 46.3 Å². The quantitative estimate of drug-likeness (QED) is 0.522. The first-order valence-corrected chi connectivity index (χ1v) is 15.6. The molecule has 2 aliphatic rings. The zero-order chi connectivity index (χ0) is 26.6. The van der Waals surface area contributed by atoms with E-state index in [0.717, 1.165) is 24.8 Å². The van der Waals surface area contributed by atoms with Crippen molar-refractivity contribution in [2.24, 2.45) is 5.92 Å². The van der Waals surface area contributed by atoms with Gasteiger partial charge in [-0.3, -0.25) is 4.79 Å². The molecule has 202 valence electrons. The predicted octanol–water partition coefficient (Wildman–Crippen LogP) is 3.24. The summed E-state index contributed by atoms with van der Waals surface area (Å²) in [6, 6.07) is 10.9. The van der Waals surface area contributed by atoms with Crippen molar-refractivity contribution in [2.75, 3.05) is 33.3 Å². The van der Waals surface area contributed by atoms with Crippen LogP contribution in [0.2, 0.25) is 5.02 Å². The third-order valence-corrected chi connectivity index (χ3v) is 11.0. The third-order valence-electron chi connectivity index (χ3n) is 6.93. The molecule has 1 N–H and O–H groups in total. The van der Waals surface area contributed by atoms with Gasteiger partial charge in [0.25, 0.3) is 0 Å². The van der Waals surface area contributed by atoms with Gasteiger partial charge < -0.3 is 10.1 Å². The molecule has 0 radical (unpaired) electrons. The topological polar surface area (TPSA) is 113 Å². The highest BCUT2D eigenvalue weighted by atomic mass is 35.5. The summed E-state index contributed by atoms with van der Waals surface area (Å²) in [5.41, 5.74) is 0.794. The molecular weight excluding hydrogens is 538 g/mol. The van der Waals surface area contributed by atoms with Crippen molar-refractivity contribution in [3.05, 3.63) is 53.1 Å². The van der Waals surface area contributed by atoms with E-state index in [4.69, 9.17) is 16.3 Å². The number of amides is 1. The van der Waals surface area contributed by atoms with Crippen LogP contribution in [0.5, 0.6) is 5.75 Å². The molecule has 4 rings (SSSR count). The molecule has 2 heterocycles. The number of methoxy groups -OCH3 is 1. The van der Waals surface area contributed by atoms with Gasteiger partial charge in [0.05, 0.1) is 21.9 Å². The van der Waals surface area contributed by atoms with Gasteiger partial charge in [0.2, 0.25) is 26.0 Å². The van der Waals surface area contributed by atoms with Crippen LogP contribution in [0.25, 0.3) is 0 Å². The molecule has 9 nitrogen and oxygen atoms in total. The highest BCUT2D eigenvalue weighted by molar-refractivity contribution is 7.89. The van der Waals surface area contributed by atoms with Crippen molar-refractivity contribution >= 4 is 37.6 Å². The van der Waals surface area contributed by atoms with Crippen LogP contribution in [0.3, 0.4) is 0 Å². The lowest BCUT2D eigenvalue weighted by atomic mass is 9.97. The Hall–Kier alpha value is -2.18. The van der Waals surface area contributed by atoms with E-state index < -0.39 is 20.0 Å². The average Bonchev–Trinajstić information content (AvgIpc) is 2.92. The molecule has 37 heavy (non-hydrogen) atoms. The largest absolute Gasteiger partial charge is 0.495 e. The van der Waals surface area contributed by atoms with Crippen molar-refractivity contribution in [3.8, 4) is 5.75 Å². The lowest BCUT2D eigenvalue weighted by Gasteiger charge is -2.30. The number of nitrogens with one attached hydrogen (secondary N) is 1. The van der Waals surface area contributed by atoms with Crippen LogP contribution in [0, 0.1) is 5.92 Å². The number of hydrogen-bond acceptors (Lipinski definition) is 6. The number of rotatable bonds is 8. The van der Waals surface area contributed by atoms with Crippen molar-refractivity contribution in [1.82, 2.24) is 13.9 Å². The van der Waals surface area contributed by atoms with Crippen molar-refractivity contribution < 1.29 is 26.4 Å². The zero-order valence-electron chi connectivity index (χ0n) is 20.7. The lowest BCUT2D eigenvalue weighted by molar-refractivity contribution is -0.126. The van der Waals surface area contributed by atoms with Gasteiger partial charge in [0, 0.05) is 38.6 Å². The number of hydrogen-bond donors (Lipinski definition) is 1. The number of piperidine rings is 2. The van der Waals surface area contributed by atoms with Gasteiger partial charge in [0.15, 0.2) is 0 Å². The second kappa shape index (κ2) is 11.7. The Balaban J connectivity index is 1.29. The Kier molecular flexibility index (Phi) is 8.80. The normalized spacial score (nSPS) is 18.4. The molecule has 0 bridgehead atoms. The minimum atomic E-state index is -3.73. The van der Waals surface area contributed by atoms with E-state index in [9.17, 15) is 21.6 Å². The number of carbonyl (C=O) groups excluding carboxylic acids is 1. The van der Waals surface area contributed by atoms with Crippen LogP contribution < -0.4 is 10.1 Å². The van der Waals surface area contributed by atoms with Crippen LogP contribution in [0.1, 0.15) is 37.7 Å². The summed E-state index contributed by atoms with van der Waals surface area (Å²) in [7, 11) is -5.76. The molecule has 2 saturated heterocycles. The van der Waals surface area contributed by atoms with Crippen molar-refractivity contribution in [1.29, 1.82) is 0 Å². The minimum absolute atomic E-state index is 0.0898. The maximum Gasteiger partial charge on any atom is 0.243 e. The van der Waals surface area contributed by atoms with Gasteiger partial charge in [-0.2, -0.15) is 8.61 Å². The van der Waals surface area contributed by atoms with Crippen molar-refractivity contribution in [3.63, 3.8) is 0 Å². The second-order valence-electron chi connectivity index (χ2n) is 9.30. The number of halogens is 1. The monoisotopic (exact) mass is 569 g/mol. The second-order valence-corrected chi connectivity index (χ2v) is 13.6. The first-order chi connectivity index (χ1) is 17.6. The Morgan fingerprint density at radius 2 is 1.46 bits per heavy atom. The number of ether oxygens (including phenoxy) is 1. The van der Waals surface area contributed by atoms with Gasteiger partial charge in [-0.15, -0.1) is 0 Å². The van der Waals surface area contributed by atoms with Gasteiger partial charge in [-0.1, -0.05) is 30.2 Å². The van der Waals surface area contributed by atoms with Crippen LogP contribution >= 0.6 is 11.6 Å². The summed E-state index contributed by atoms with van der Waals surface area (Å²) in [5.74, 6) is -0.0477. The molecule has 0 aromatic heterocycles. The van der Waals surface area contributed by atoms with Crippen LogP contribution in [0.15, 0.2) is 52.3 Å². The summed E-state index contributed by atoms with van der Waals surface area (Å²) in [5, 5.41) is 3.12. The first-order valence-electron chi connectivity index (χ1n) is 12.3. The highest BCUT2D eigenvalue weighted by Gasteiger charge is 2.32. The van der Waals surface area contributed by atoms with E-state index in [1.807, 2.05) is 0 Å². The molecule has 0 aliphatic carbocycles. The molecule has 2 aromatic rings. The highest BCUT2D eigenvalue weighted by Crippen LogP contribution is 2.30. The SMILES string of the molecule is COc1ccc(S(=O)(=O)N2CCC(C(=O)NCc3ccc(S(=O)(=O)N4CCCCC4)cc3)CC2)cc1Cl. The number of benzene rings is 2. The van der Waals surface area contributed by atoms with E-state index in [1.54, 1.807) is 24.3 Å². The molecule has 12 heteroatoms. The molecule has 0 spiro atoms. The molecule has 0 atom stereocenters. The fourth-order valence-electron chi connectivity index (χ4n) is 4.68. The molecular formula is C25H32ClN3O6S2. The standard InChI is InChI=1S/C25H32ClN3O6S2/c1-35-24-10-9-22(17-23(24)26)37(33,34)29-15-11-20(12-16-29)25(30)27-18-19-5-7-21(8-6-19)36(31,32)28-13-3-2-4-14-28/h5-10,17,20H,2-4,11-16,18H2,1H3,(H,27,30). The predicted molar refractivity (Wildman–Crippen MR) is 140 cm³/mol. The lowest BCUT2D eigenvalue weighted by Crippen LogP contribution is -2.42. The smallest absolute Gasteiger partial charge is 0.243 e. The Morgan fingerprint density at radius 3 is 2.05 bits per heavy atom. The van der Waals surface area contributed by atoms with Gasteiger partial charge in [0.1, 0.15) is 5.75 Å². The Morgan fingerprint density at radius 1 is 0.892 bits per heavy atom. The molecule has 2 fully saturated rings. The van der Waals surface area contributed by atoms with Gasteiger partial charge in [-0.05, 0) is 61.6 Å². The number of carbonyl (C=O) groups is 1. The summed E-state index contributed by atoms with van der Waals surface area (Å²) in [6.07, 6.45) is 3.62. The number of sulfonamides is 2. The fourth-order valence-corrected chi connectivity index (χ4v) is 8.02. The summed E-state index contributed by atoms with van der Waals surface area (Å²) >= 11 is 6.10. The van der Waals surface area contributed by atoms with Crippen LogP contribution in [-0.2, 0) is 31.4 Å². The average molecular weight is 570 g/mol. The minimum Gasteiger partial charge on any atom is -0.495 e. The molecule has 2 aromatic carbocycles. The first kappa shape index (κ1) is 27.8. The molecule has 0 saturated carbocycles. The molecule has 1 amide bonds. The van der Waals surface area contributed by atoms with E-state index in [2.05, 4.69) is 5.32 Å². The Bertz CT molecular complexity index is 1320. The van der Waals surface area contributed by atoms with Crippen LogP contribution in [0.4, 0.5) is 0 Å². The van der Waals surface area contributed by atoms with Crippen LogP contribution in [-0.4, -0.2) is 64.6 Å². The van der Waals surface area contributed by atoms with Crippen molar-refractivity contribution in [2.45, 2.75) is 48.4 Å². The maximum absolute atomic E-state index is 13.0. The summed E-state index contributed by atoms with van der Waals surface area (Å²) < 4.78 is 59.6. The van der Waals surface area contributed by atoms with Gasteiger partial charge >= 0.3 is 0 Å². The van der Waals surface area contributed by atoms with Gasteiger partial charge in [-0.25, -0.2) is 16.8 Å². The fraction of sp³-hybridized carbons (Fsp3) is 0.480. The molecule has 2 aliphatic heterocycles. The summed E-state index contributed by atoms with van der Waals surface area (Å²) in [6.45, 7) is 1.83. The zero-order valence-corrected chi connectivity index (χ0v) is 23.1. The Labute approximate surface area is 223 Å². The summed E-state index contributed by atoms with van der Waals surface area (Å²) in [4.78, 5) is 13.1. The molecule has 0 unspecified atom stereocenters. The number of nitrogens with zero attached hydrogens (tertiary/aromatic N) is 2. The third kappa shape index (κ3) is 6.28. The van der Waals surface area contributed by atoms with E-state index >= 15 is 0 Å². The van der Waals surface area contributed by atoms with E-state index in [1.165, 1.54) is 33.9 Å².